The van der Waals surface area contributed by atoms with E-state index >= 15 is 0 Å². The van der Waals surface area contributed by atoms with E-state index in [1.165, 1.54) is 31.2 Å². The monoisotopic (exact) mass is 220 g/mol. The van der Waals surface area contributed by atoms with Gasteiger partial charge < -0.3 is 4.55 Å². The summed E-state index contributed by atoms with van der Waals surface area (Å²) in [6.45, 7) is 1.41. The number of alkyl halides is 2. The molecule has 0 radical (unpaired) electrons. The first kappa shape index (κ1) is 11.3. The molecule has 0 heterocycles. The molecule has 0 aromatic heterocycles. The van der Waals surface area contributed by atoms with E-state index in [4.69, 9.17) is 4.55 Å². The molecule has 2 unspecified atom stereocenters. The van der Waals surface area contributed by atoms with Gasteiger partial charge in [-0.1, -0.05) is 19.1 Å². The van der Waals surface area contributed by atoms with Crippen LogP contribution >= 0.6 is 0 Å². The standard InChI is InChI=1S/C9H10F2O2S/c1-6(9(10)11)7-2-4-8(5-3-7)14(12)13/h2-6,9H,1H3,(H,12,13). The lowest BCUT2D eigenvalue weighted by Crippen LogP contribution is -2.04. The van der Waals surface area contributed by atoms with Crippen LogP contribution in [0.15, 0.2) is 29.2 Å². The maximum absolute atomic E-state index is 12.3. The number of hydrogen-bond donors (Lipinski definition) is 1. The summed E-state index contributed by atoms with van der Waals surface area (Å²) in [7, 11) is 0. The molecule has 0 aliphatic rings. The minimum Gasteiger partial charge on any atom is -0.302 e. The molecule has 14 heavy (non-hydrogen) atoms. The molecule has 0 amide bonds. The third kappa shape index (κ3) is 2.59. The Bertz CT molecular complexity index is 324. The van der Waals surface area contributed by atoms with Crippen LogP contribution in [0.4, 0.5) is 8.78 Å². The third-order valence-electron chi connectivity index (χ3n) is 1.99. The first-order valence-electron chi connectivity index (χ1n) is 4.01. The summed E-state index contributed by atoms with van der Waals surface area (Å²) in [5.41, 5.74) is 0.467. The maximum atomic E-state index is 12.3. The van der Waals surface area contributed by atoms with Gasteiger partial charge in [-0.05, 0) is 17.7 Å². The molecule has 78 valence electrons. The molecular weight excluding hydrogens is 210 g/mol. The van der Waals surface area contributed by atoms with Crippen LogP contribution in [0.1, 0.15) is 18.4 Å². The van der Waals surface area contributed by atoms with Gasteiger partial charge in [0.15, 0.2) is 11.1 Å². The third-order valence-corrected chi connectivity index (χ3v) is 2.66. The molecule has 1 N–H and O–H groups in total. The molecule has 0 aliphatic heterocycles. The SMILES string of the molecule is CC(c1ccc(S(=O)O)cc1)C(F)F. The van der Waals surface area contributed by atoms with Crippen molar-refractivity contribution in [3.05, 3.63) is 29.8 Å². The number of halogens is 2. The maximum Gasteiger partial charge on any atom is 0.245 e. The van der Waals surface area contributed by atoms with Gasteiger partial charge in [0.05, 0.1) is 4.90 Å². The summed E-state index contributed by atoms with van der Waals surface area (Å²) in [6, 6.07) is 5.65. The van der Waals surface area contributed by atoms with E-state index in [1.54, 1.807) is 0 Å². The van der Waals surface area contributed by atoms with Crippen LogP contribution in [-0.4, -0.2) is 15.2 Å². The molecule has 0 saturated carbocycles. The molecule has 2 nitrogen and oxygen atoms in total. The van der Waals surface area contributed by atoms with Crippen molar-refractivity contribution >= 4 is 11.1 Å². The predicted molar refractivity (Wildman–Crippen MR) is 49.9 cm³/mol. The second-order valence-corrected chi connectivity index (χ2v) is 3.91. The zero-order chi connectivity index (χ0) is 10.7. The Morgan fingerprint density at radius 1 is 1.29 bits per heavy atom. The van der Waals surface area contributed by atoms with Crippen molar-refractivity contribution in [1.82, 2.24) is 0 Å². The Morgan fingerprint density at radius 3 is 2.14 bits per heavy atom. The van der Waals surface area contributed by atoms with Crippen molar-refractivity contribution in [2.45, 2.75) is 24.2 Å². The van der Waals surface area contributed by atoms with Gasteiger partial charge in [-0.15, -0.1) is 0 Å². The molecule has 0 aliphatic carbocycles. The van der Waals surface area contributed by atoms with Crippen molar-refractivity contribution in [2.24, 2.45) is 0 Å². The fourth-order valence-electron chi connectivity index (χ4n) is 1.03. The highest BCUT2D eigenvalue weighted by Gasteiger charge is 2.16. The van der Waals surface area contributed by atoms with Gasteiger partial charge >= 0.3 is 0 Å². The molecule has 0 spiro atoms. The van der Waals surface area contributed by atoms with Crippen LogP contribution in [-0.2, 0) is 11.1 Å². The topological polar surface area (TPSA) is 37.3 Å². The average molecular weight is 220 g/mol. The van der Waals surface area contributed by atoms with E-state index in [0.29, 0.717) is 5.56 Å². The fourth-order valence-corrected chi connectivity index (χ4v) is 1.40. The second kappa shape index (κ2) is 4.61. The quantitative estimate of drug-likeness (QED) is 0.795. The van der Waals surface area contributed by atoms with Crippen LogP contribution in [0, 0.1) is 0 Å². The molecule has 2 atom stereocenters. The minimum absolute atomic E-state index is 0.218. The van der Waals surface area contributed by atoms with Crippen molar-refractivity contribution in [3.8, 4) is 0 Å². The number of hydrogen-bond acceptors (Lipinski definition) is 1. The summed E-state index contributed by atoms with van der Waals surface area (Å²) in [6.07, 6.45) is -2.42. The van der Waals surface area contributed by atoms with E-state index in [-0.39, 0.29) is 4.90 Å². The van der Waals surface area contributed by atoms with Gasteiger partial charge in [-0.2, -0.15) is 0 Å². The highest BCUT2D eigenvalue weighted by atomic mass is 32.2. The Balaban J connectivity index is 2.88. The van der Waals surface area contributed by atoms with E-state index in [0.717, 1.165) is 0 Å². The molecule has 1 rings (SSSR count). The highest BCUT2D eigenvalue weighted by molar-refractivity contribution is 7.79. The highest BCUT2D eigenvalue weighted by Crippen LogP contribution is 2.23. The van der Waals surface area contributed by atoms with Gasteiger partial charge in [0.1, 0.15) is 0 Å². The Labute approximate surface area is 83.2 Å². The lowest BCUT2D eigenvalue weighted by Gasteiger charge is -2.10. The van der Waals surface area contributed by atoms with Gasteiger partial charge in [-0.3, -0.25) is 0 Å². The summed E-state index contributed by atoms with van der Waals surface area (Å²) in [5.74, 6) is -0.851. The van der Waals surface area contributed by atoms with E-state index in [1.807, 2.05) is 0 Å². The molecule has 1 aromatic rings. The lowest BCUT2D eigenvalue weighted by atomic mass is 10.0. The predicted octanol–water partition coefficient (Wildman–Crippen LogP) is 2.64. The molecule has 1 aromatic carbocycles. The molecule has 0 saturated heterocycles. The van der Waals surface area contributed by atoms with E-state index in [9.17, 15) is 13.0 Å². The summed E-state index contributed by atoms with van der Waals surface area (Å²) >= 11 is -2.05. The Hall–Kier alpha value is -0.810. The fraction of sp³-hybridized carbons (Fsp3) is 0.333. The zero-order valence-electron chi connectivity index (χ0n) is 7.48. The largest absolute Gasteiger partial charge is 0.302 e. The van der Waals surface area contributed by atoms with Crippen molar-refractivity contribution in [3.63, 3.8) is 0 Å². The van der Waals surface area contributed by atoms with Crippen molar-refractivity contribution in [1.29, 1.82) is 0 Å². The van der Waals surface area contributed by atoms with Gasteiger partial charge in [0.25, 0.3) is 0 Å². The summed E-state index contributed by atoms with van der Waals surface area (Å²) in [5, 5.41) is 0. The first-order valence-corrected chi connectivity index (χ1v) is 5.12. The lowest BCUT2D eigenvalue weighted by molar-refractivity contribution is 0.121. The van der Waals surface area contributed by atoms with Crippen LogP contribution in [0.5, 0.6) is 0 Å². The average Bonchev–Trinajstić information content (AvgIpc) is 2.16. The number of benzene rings is 1. The Kier molecular flexibility index (Phi) is 3.71. The minimum atomic E-state index is -2.42. The first-order chi connectivity index (χ1) is 6.52. The van der Waals surface area contributed by atoms with E-state index in [2.05, 4.69) is 0 Å². The van der Waals surface area contributed by atoms with Crippen molar-refractivity contribution < 1.29 is 17.5 Å². The van der Waals surface area contributed by atoms with Crippen LogP contribution in [0.25, 0.3) is 0 Å². The molecule has 5 heteroatoms. The van der Waals surface area contributed by atoms with Crippen LogP contribution < -0.4 is 0 Å². The number of rotatable bonds is 3. The molecular formula is C9H10F2O2S. The summed E-state index contributed by atoms with van der Waals surface area (Å²) < 4.78 is 43.8. The molecule has 0 bridgehead atoms. The van der Waals surface area contributed by atoms with Crippen molar-refractivity contribution in [2.75, 3.05) is 0 Å². The second-order valence-electron chi connectivity index (χ2n) is 2.94. The smallest absolute Gasteiger partial charge is 0.245 e. The van der Waals surface area contributed by atoms with Gasteiger partial charge in [0, 0.05) is 5.92 Å². The van der Waals surface area contributed by atoms with Crippen LogP contribution in [0.3, 0.4) is 0 Å². The van der Waals surface area contributed by atoms with E-state index < -0.39 is 23.4 Å². The normalized spacial score (nSPS) is 15.5. The van der Waals surface area contributed by atoms with Gasteiger partial charge in [0.2, 0.25) is 6.43 Å². The van der Waals surface area contributed by atoms with Gasteiger partial charge in [-0.25, -0.2) is 13.0 Å². The zero-order valence-corrected chi connectivity index (χ0v) is 8.30. The summed E-state index contributed by atoms with van der Waals surface area (Å²) in [4.78, 5) is 0.218. The molecule has 0 fully saturated rings. The Morgan fingerprint density at radius 2 is 1.79 bits per heavy atom. The van der Waals surface area contributed by atoms with Crippen LogP contribution in [0.2, 0.25) is 0 Å².